The molecule has 1 heterocycles. The van der Waals surface area contributed by atoms with E-state index in [1.165, 1.54) is 12.1 Å². The first kappa shape index (κ1) is 17.3. The minimum Gasteiger partial charge on any atom is -0.342 e. The lowest BCUT2D eigenvalue weighted by molar-refractivity contribution is -0.134. The van der Waals surface area contributed by atoms with E-state index >= 15 is 0 Å². The molecule has 1 aromatic rings. The number of likely N-dealkylation sites (tertiary alicyclic amines) is 1. The van der Waals surface area contributed by atoms with Gasteiger partial charge < -0.3 is 10.2 Å². The lowest BCUT2D eigenvalue weighted by Crippen LogP contribution is -2.51. The van der Waals surface area contributed by atoms with Gasteiger partial charge >= 0.3 is 0 Å². The number of rotatable bonds is 5. The van der Waals surface area contributed by atoms with E-state index in [-0.39, 0.29) is 18.0 Å². The number of benzene rings is 1. The van der Waals surface area contributed by atoms with Gasteiger partial charge in [0.05, 0.1) is 0 Å². The molecule has 132 valence electrons. The molecule has 2 fully saturated rings. The van der Waals surface area contributed by atoms with E-state index in [1.54, 1.807) is 0 Å². The maximum absolute atomic E-state index is 14.1. The molecule has 3 nitrogen and oxygen atoms in total. The van der Waals surface area contributed by atoms with Crippen LogP contribution in [0.2, 0.25) is 0 Å². The van der Waals surface area contributed by atoms with Crippen molar-refractivity contribution in [1.82, 2.24) is 10.2 Å². The van der Waals surface area contributed by atoms with E-state index in [9.17, 15) is 13.6 Å². The van der Waals surface area contributed by atoms with Crippen LogP contribution >= 0.6 is 0 Å². The Kier molecular flexibility index (Phi) is 5.18. The van der Waals surface area contributed by atoms with Crippen molar-refractivity contribution in [1.29, 1.82) is 0 Å². The number of carbonyl (C=O) groups is 1. The number of nitrogens with zero attached hydrogens (tertiary/aromatic N) is 1. The zero-order valence-electron chi connectivity index (χ0n) is 14.4. The summed E-state index contributed by atoms with van der Waals surface area (Å²) in [6.07, 6.45) is 3.68. The lowest BCUT2D eigenvalue weighted by atomic mass is 9.91. The number of piperidine rings is 1. The predicted octanol–water partition coefficient (Wildman–Crippen LogP) is 3.65. The summed E-state index contributed by atoms with van der Waals surface area (Å²) in [6, 6.07) is 3.89. The van der Waals surface area contributed by atoms with Gasteiger partial charge in [0.15, 0.2) is 0 Å². The molecule has 0 radical (unpaired) electrons. The van der Waals surface area contributed by atoms with Crippen molar-refractivity contribution < 1.29 is 13.6 Å². The summed E-state index contributed by atoms with van der Waals surface area (Å²) in [4.78, 5) is 14.2. The number of hydrogen-bond acceptors (Lipinski definition) is 2. The first-order valence-corrected chi connectivity index (χ1v) is 8.99. The van der Waals surface area contributed by atoms with Gasteiger partial charge in [0.2, 0.25) is 5.91 Å². The molecular formula is C19H26F2N2O. The van der Waals surface area contributed by atoms with Crippen molar-refractivity contribution in [2.45, 2.75) is 51.6 Å². The van der Waals surface area contributed by atoms with Crippen molar-refractivity contribution >= 4 is 5.91 Å². The number of halogens is 2. The number of nitrogens with one attached hydrogen (secondary N) is 1. The Morgan fingerprint density at radius 1 is 1.33 bits per heavy atom. The van der Waals surface area contributed by atoms with Crippen LogP contribution in [0.5, 0.6) is 0 Å². The molecule has 1 saturated carbocycles. The molecule has 3 atom stereocenters. The molecule has 24 heavy (non-hydrogen) atoms. The van der Waals surface area contributed by atoms with Gasteiger partial charge in [0, 0.05) is 42.7 Å². The van der Waals surface area contributed by atoms with Crippen LogP contribution in [0.25, 0.3) is 0 Å². The molecule has 1 amide bonds. The van der Waals surface area contributed by atoms with Crippen LogP contribution in [0, 0.1) is 23.5 Å². The molecule has 0 bridgehead atoms. The summed E-state index contributed by atoms with van der Waals surface area (Å²) < 4.78 is 27.2. The van der Waals surface area contributed by atoms with Crippen molar-refractivity contribution in [3.05, 3.63) is 35.4 Å². The Bertz CT molecular complexity index is 603. The second-order valence-electron chi connectivity index (χ2n) is 7.22. The average Bonchev–Trinajstić information content (AvgIpc) is 3.38. The minimum atomic E-state index is -0.550. The summed E-state index contributed by atoms with van der Waals surface area (Å²) in [5.41, 5.74) is 0.516. The molecule has 2 aliphatic rings. The van der Waals surface area contributed by atoms with E-state index < -0.39 is 11.6 Å². The summed E-state index contributed by atoms with van der Waals surface area (Å²) in [5, 5.41) is 3.54. The summed E-state index contributed by atoms with van der Waals surface area (Å²) in [7, 11) is 0. The van der Waals surface area contributed by atoms with Gasteiger partial charge in [-0.15, -0.1) is 0 Å². The highest BCUT2D eigenvalue weighted by atomic mass is 19.1. The molecule has 5 heteroatoms. The third-order valence-corrected chi connectivity index (χ3v) is 5.30. The lowest BCUT2D eigenvalue weighted by Gasteiger charge is -2.39. The Morgan fingerprint density at radius 2 is 2.08 bits per heavy atom. The summed E-state index contributed by atoms with van der Waals surface area (Å²) >= 11 is 0. The van der Waals surface area contributed by atoms with Crippen molar-refractivity contribution in [2.24, 2.45) is 11.8 Å². The normalized spacial score (nSPS) is 25.6. The van der Waals surface area contributed by atoms with Crippen LogP contribution in [0.3, 0.4) is 0 Å². The number of amides is 1. The number of hydrogen-bond donors (Lipinski definition) is 1. The fourth-order valence-corrected chi connectivity index (χ4v) is 3.65. The largest absolute Gasteiger partial charge is 0.342 e. The Hall–Kier alpha value is -1.49. The molecule has 1 aliphatic carbocycles. The second kappa shape index (κ2) is 7.18. The van der Waals surface area contributed by atoms with Gasteiger partial charge in [-0.1, -0.05) is 19.9 Å². The Labute approximate surface area is 142 Å². The van der Waals surface area contributed by atoms with Crippen LogP contribution in [0.15, 0.2) is 18.2 Å². The zero-order valence-corrected chi connectivity index (χ0v) is 14.4. The van der Waals surface area contributed by atoms with Crippen molar-refractivity contribution in [3.8, 4) is 0 Å². The maximum atomic E-state index is 14.1. The van der Waals surface area contributed by atoms with Crippen LogP contribution in [-0.2, 0) is 4.79 Å². The molecule has 0 unspecified atom stereocenters. The quantitative estimate of drug-likeness (QED) is 0.890. The smallest absolute Gasteiger partial charge is 0.225 e. The third-order valence-electron chi connectivity index (χ3n) is 5.30. The molecule has 1 aliphatic heterocycles. The molecule has 0 spiro atoms. The van der Waals surface area contributed by atoms with E-state index in [2.05, 4.69) is 12.2 Å². The van der Waals surface area contributed by atoms with Crippen LogP contribution in [0.4, 0.5) is 8.78 Å². The van der Waals surface area contributed by atoms with Crippen molar-refractivity contribution in [3.63, 3.8) is 0 Å². The standard InChI is InChI=1S/C19H26F2N2O/c1-3-17(15-7-6-14(20)10-16(15)21)22-18-8-9-23(11-12(18)2)19(24)13-4-5-13/h6-7,10,12-13,17-18,22H,3-5,8-9,11H2,1-2H3/t12-,17+,18+/m1/s1. The first-order chi connectivity index (χ1) is 11.5. The van der Waals surface area contributed by atoms with Gasteiger partial charge in [-0.05, 0) is 37.7 Å². The van der Waals surface area contributed by atoms with E-state index in [0.29, 0.717) is 17.4 Å². The van der Waals surface area contributed by atoms with E-state index in [1.807, 2.05) is 11.8 Å². The highest BCUT2D eigenvalue weighted by Gasteiger charge is 2.37. The van der Waals surface area contributed by atoms with Gasteiger partial charge in [-0.2, -0.15) is 0 Å². The minimum absolute atomic E-state index is 0.135. The predicted molar refractivity (Wildman–Crippen MR) is 89.4 cm³/mol. The van der Waals surface area contributed by atoms with Gasteiger partial charge in [-0.25, -0.2) is 8.78 Å². The van der Waals surface area contributed by atoms with E-state index in [0.717, 1.165) is 44.8 Å². The van der Waals surface area contributed by atoms with Crippen LogP contribution < -0.4 is 5.32 Å². The van der Waals surface area contributed by atoms with Crippen LogP contribution in [0.1, 0.15) is 51.1 Å². The molecule has 1 saturated heterocycles. The van der Waals surface area contributed by atoms with Crippen molar-refractivity contribution in [2.75, 3.05) is 13.1 Å². The first-order valence-electron chi connectivity index (χ1n) is 8.99. The molecule has 3 rings (SSSR count). The zero-order chi connectivity index (χ0) is 17.3. The summed E-state index contributed by atoms with van der Waals surface area (Å²) in [6.45, 7) is 5.66. The van der Waals surface area contributed by atoms with Gasteiger partial charge in [0.25, 0.3) is 0 Å². The summed E-state index contributed by atoms with van der Waals surface area (Å²) in [5.74, 6) is -0.163. The van der Waals surface area contributed by atoms with Crippen LogP contribution in [-0.4, -0.2) is 29.9 Å². The third kappa shape index (κ3) is 3.77. The van der Waals surface area contributed by atoms with Gasteiger partial charge in [-0.3, -0.25) is 4.79 Å². The molecule has 1 aromatic carbocycles. The Morgan fingerprint density at radius 3 is 2.67 bits per heavy atom. The average molecular weight is 336 g/mol. The highest BCUT2D eigenvalue weighted by Crippen LogP contribution is 2.33. The fraction of sp³-hybridized carbons (Fsp3) is 0.632. The molecule has 1 N–H and O–H groups in total. The van der Waals surface area contributed by atoms with E-state index in [4.69, 9.17) is 0 Å². The fourth-order valence-electron chi connectivity index (χ4n) is 3.65. The second-order valence-corrected chi connectivity index (χ2v) is 7.22. The molecular weight excluding hydrogens is 310 g/mol. The maximum Gasteiger partial charge on any atom is 0.225 e. The highest BCUT2D eigenvalue weighted by molar-refractivity contribution is 5.81. The number of carbonyl (C=O) groups excluding carboxylic acids is 1. The Balaban J connectivity index is 1.62. The SMILES string of the molecule is CC[C@H](N[C@H]1CCN(C(=O)C2CC2)C[C@H]1C)c1ccc(F)cc1F. The molecule has 0 aromatic heterocycles. The monoisotopic (exact) mass is 336 g/mol. The van der Waals surface area contributed by atoms with Gasteiger partial charge in [0.1, 0.15) is 11.6 Å². The topological polar surface area (TPSA) is 32.3 Å².